The Hall–Kier alpha value is -0.850. The predicted molar refractivity (Wildman–Crippen MR) is 66.7 cm³/mol. The van der Waals surface area contributed by atoms with Gasteiger partial charge in [-0.25, -0.2) is 4.98 Å². The second-order valence-corrected chi connectivity index (χ2v) is 5.07. The molecule has 0 saturated heterocycles. The van der Waals surface area contributed by atoms with Gasteiger partial charge in [0.1, 0.15) is 0 Å². The van der Waals surface area contributed by atoms with Gasteiger partial charge in [-0.3, -0.25) is 0 Å². The fourth-order valence-corrected chi connectivity index (χ4v) is 2.60. The molecule has 0 saturated carbocycles. The number of thiazole rings is 1. The van der Waals surface area contributed by atoms with Crippen LogP contribution in [0.3, 0.4) is 0 Å². The van der Waals surface area contributed by atoms with Crippen LogP contribution in [0.25, 0.3) is 0 Å². The van der Waals surface area contributed by atoms with E-state index >= 15 is 0 Å². The molecule has 1 atom stereocenters. The van der Waals surface area contributed by atoms with Crippen molar-refractivity contribution in [2.24, 2.45) is 0 Å². The Bertz CT molecular complexity index is 424. The van der Waals surface area contributed by atoms with E-state index < -0.39 is 0 Å². The minimum Gasteiger partial charge on any atom is -0.303 e. The van der Waals surface area contributed by atoms with Gasteiger partial charge in [0.25, 0.3) is 0 Å². The molecule has 0 spiro atoms. The van der Waals surface area contributed by atoms with Gasteiger partial charge < -0.3 is 5.32 Å². The largest absolute Gasteiger partial charge is 0.303 e. The Morgan fingerprint density at radius 3 is 2.94 bits per heavy atom. The zero-order chi connectivity index (χ0) is 11.4. The van der Waals surface area contributed by atoms with Crippen LogP contribution in [0, 0.1) is 0 Å². The number of aromatic nitrogens is 3. The van der Waals surface area contributed by atoms with Crippen LogP contribution in [-0.2, 0) is 13.0 Å². The van der Waals surface area contributed by atoms with E-state index in [9.17, 15) is 0 Å². The number of hydrogen-bond donors (Lipinski definition) is 1. The Balaban J connectivity index is 1.90. The molecule has 0 aliphatic carbocycles. The number of aryl methyl sites for hydroxylation is 1. The highest BCUT2D eigenvalue weighted by Gasteiger charge is 2.09. The average molecular weight is 254 g/mol. The lowest BCUT2D eigenvalue weighted by Crippen LogP contribution is -2.18. The van der Waals surface area contributed by atoms with Gasteiger partial charge in [-0.1, -0.05) is 11.4 Å². The van der Waals surface area contributed by atoms with Crippen molar-refractivity contribution < 1.29 is 0 Å². The van der Waals surface area contributed by atoms with Crippen LogP contribution in [0.2, 0.25) is 0 Å². The van der Waals surface area contributed by atoms with Gasteiger partial charge in [-0.15, -0.1) is 16.4 Å². The highest BCUT2D eigenvalue weighted by atomic mass is 32.1. The summed E-state index contributed by atoms with van der Waals surface area (Å²) >= 11 is 3.10. The maximum Gasteiger partial charge on any atom is 0.0926 e. The van der Waals surface area contributed by atoms with Crippen LogP contribution in [0.5, 0.6) is 0 Å². The highest BCUT2D eigenvalue weighted by Crippen LogP contribution is 2.17. The van der Waals surface area contributed by atoms with Crippen LogP contribution in [-0.4, -0.2) is 14.6 Å². The molecule has 0 aromatic carbocycles. The van der Waals surface area contributed by atoms with E-state index in [0.29, 0.717) is 0 Å². The average Bonchev–Trinajstić information content (AvgIpc) is 2.96. The van der Waals surface area contributed by atoms with Crippen molar-refractivity contribution >= 4 is 22.9 Å². The highest BCUT2D eigenvalue weighted by molar-refractivity contribution is 7.09. The molecule has 1 N–H and O–H groups in total. The lowest BCUT2D eigenvalue weighted by molar-refractivity contribution is 0.556. The van der Waals surface area contributed by atoms with E-state index in [-0.39, 0.29) is 6.04 Å². The predicted octanol–water partition coefficient (Wildman–Crippen LogP) is 2.41. The Morgan fingerprint density at radius 2 is 2.31 bits per heavy atom. The van der Waals surface area contributed by atoms with Gasteiger partial charge in [-0.2, -0.15) is 0 Å². The van der Waals surface area contributed by atoms with Gasteiger partial charge in [0, 0.05) is 23.3 Å². The molecule has 2 aromatic heterocycles. The Labute approximate surface area is 103 Å². The molecule has 0 fully saturated rings. The molecule has 2 heterocycles. The summed E-state index contributed by atoms with van der Waals surface area (Å²) in [6.45, 7) is 4.99. The molecule has 2 aromatic rings. The molecule has 0 radical (unpaired) electrons. The molecule has 0 bridgehead atoms. The Morgan fingerprint density at radius 1 is 1.44 bits per heavy atom. The van der Waals surface area contributed by atoms with Crippen LogP contribution in [0.4, 0.5) is 0 Å². The number of nitrogens with zero attached hydrogens (tertiary/aromatic N) is 3. The normalized spacial score (nSPS) is 12.9. The summed E-state index contributed by atoms with van der Waals surface area (Å²) in [4.78, 5) is 4.55. The van der Waals surface area contributed by atoms with Gasteiger partial charge >= 0.3 is 0 Å². The van der Waals surface area contributed by atoms with Crippen molar-refractivity contribution in [1.82, 2.24) is 19.9 Å². The van der Waals surface area contributed by atoms with Crippen molar-refractivity contribution in [1.29, 1.82) is 0 Å². The van der Waals surface area contributed by atoms with Gasteiger partial charge in [0.15, 0.2) is 0 Å². The molecule has 0 amide bonds. The van der Waals surface area contributed by atoms with Crippen LogP contribution < -0.4 is 5.32 Å². The summed E-state index contributed by atoms with van der Waals surface area (Å²) in [6.07, 6.45) is 1.01. The minimum absolute atomic E-state index is 0.262. The third-order valence-corrected chi connectivity index (χ3v) is 3.87. The molecular weight excluding hydrogens is 240 g/mol. The van der Waals surface area contributed by atoms with Crippen LogP contribution >= 0.6 is 22.9 Å². The molecule has 2 rings (SSSR count). The topological polar surface area (TPSA) is 50.7 Å². The summed E-state index contributed by atoms with van der Waals surface area (Å²) in [6, 6.07) is 0.262. The first kappa shape index (κ1) is 11.6. The van der Waals surface area contributed by atoms with Gasteiger partial charge in [0.05, 0.1) is 16.4 Å². The first-order chi connectivity index (χ1) is 7.79. The fourth-order valence-electron chi connectivity index (χ4n) is 1.31. The lowest BCUT2D eigenvalue weighted by atomic mass is 10.2. The van der Waals surface area contributed by atoms with Crippen molar-refractivity contribution in [3.8, 4) is 0 Å². The molecule has 4 nitrogen and oxygen atoms in total. The van der Waals surface area contributed by atoms with Crippen LogP contribution in [0.15, 0.2) is 10.8 Å². The SMILES string of the molecule is CCc1nc(C(C)NCc2csnn2)cs1. The summed E-state index contributed by atoms with van der Waals surface area (Å²) in [5, 5.41) is 12.6. The van der Waals surface area contributed by atoms with E-state index in [2.05, 4.69) is 39.1 Å². The molecule has 16 heavy (non-hydrogen) atoms. The number of rotatable bonds is 5. The smallest absolute Gasteiger partial charge is 0.0926 e. The summed E-state index contributed by atoms with van der Waals surface area (Å²) < 4.78 is 3.83. The molecule has 0 aliphatic rings. The third kappa shape index (κ3) is 2.84. The van der Waals surface area contributed by atoms with E-state index in [1.54, 1.807) is 11.3 Å². The van der Waals surface area contributed by atoms with E-state index in [0.717, 1.165) is 24.4 Å². The maximum atomic E-state index is 4.55. The van der Waals surface area contributed by atoms with Crippen molar-refractivity contribution in [2.75, 3.05) is 0 Å². The maximum absolute atomic E-state index is 4.55. The molecule has 86 valence electrons. The van der Waals surface area contributed by atoms with E-state index in [1.165, 1.54) is 16.5 Å². The van der Waals surface area contributed by atoms with Crippen molar-refractivity contribution in [3.05, 3.63) is 27.2 Å². The van der Waals surface area contributed by atoms with Crippen molar-refractivity contribution in [3.63, 3.8) is 0 Å². The minimum atomic E-state index is 0.262. The fraction of sp³-hybridized carbons (Fsp3) is 0.500. The zero-order valence-electron chi connectivity index (χ0n) is 9.30. The summed E-state index contributed by atoms with van der Waals surface area (Å²) in [7, 11) is 0. The molecule has 1 unspecified atom stereocenters. The molecule has 6 heteroatoms. The standard InChI is InChI=1S/C10H14N4S2/c1-3-10-12-9(6-15-10)7(2)11-4-8-5-16-14-13-8/h5-7,11H,3-4H2,1-2H3. The number of nitrogens with one attached hydrogen (secondary N) is 1. The summed E-state index contributed by atoms with van der Waals surface area (Å²) in [5.74, 6) is 0. The molecule has 0 aliphatic heterocycles. The quantitative estimate of drug-likeness (QED) is 0.890. The van der Waals surface area contributed by atoms with Gasteiger partial charge in [0.2, 0.25) is 0 Å². The van der Waals surface area contributed by atoms with Gasteiger partial charge in [-0.05, 0) is 24.9 Å². The lowest BCUT2D eigenvalue weighted by Gasteiger charge is -2.09. The Kier molecular flexibility index (Phi) is 3.98. The van der Waals surface area contributed by atoms with Crippen LogP contribution in [0.1, 0.15) is 36.3 Å². The second kappa shape index (κ2) is 5.47. The van der Waals surface area contributed by atoms with E-state index in [4.69, 9.17) is 0 Å². The van der Waals surface area contributed by atoms with Crippen molar-refractivity contribution in [2.45, 2.75) is 32.9 Å². The number of hydrogen-bond acceptors (Lipinski definition) is 6. The summed E-state index contributed by atoms with van der Waals surface area (Å²) in [5.41, 5.74) is 2.10. The van der Waals surface area contributed by atoms with E-state index in [1.807, 2.05) is 5.38 Å². The zero-order valence-corrected chi connectivity index (χ0v) is 10.9. The monoisotopic (exact) mass is 254 g/mol. The second-order valence-electron chi connectivity index (χ2n) is 3.52. The third-order valence-electron chi connectivity index (χ3n) is 2.31. The first-order valence-electron chi connectivity index (χ1n) is 5.23. The molecular formula is C10H14N4S2. The first-order valence-corrected chi connectivity index (χ1v) is 6.94.